The van der Waals surface area contributed by atoms with Crippen molar-refractivity contribution in [2.75, 3.05) is 13.2 Å². The van der Waals surface area contributed by atoms with Crippen molar-refractivity contribution in [1.82, 2.24) is 4.90 Å². The number of aliphatic hydroxyl groups is 1. The molecule has 2 aliphatic carbocycles. The van der Waals surface area contributed by atoms with Gasteiger partial charge in [0.05, 0.1) is 6.61 Å². The Balaban J connectivity index is 1.68. The molecule has 0 radical (unpaired) electrons. The zero-order chi connectivity index (χ0) is 13.4. The van der Waals surface area contributed by atoms with E-state index in [1.165, 1.54) is 0 Å². The number of rotatable bonds is 5. The Labute approximate surface area is 118 Å². The lowest BCUT2D eigenvalue weighted by atomic mass is 10.1. The molecule has 2 atom stereocenters. The Morgan fingerprint density at radius 3 is 2.74 bits per heavy atom. The molecule has 0 aliphatic heterocycles. The molecule has 1 aromatic rings. The van der Waals surface area contributed by atoms with Crippen LogP contribution in [0.5, 0.6) is 0 Å². The number of carbonyl (C=O) groups is 1. The molecule has 3 rings (SSSR count). The average molecular weight is 280 g/mol. The van der Waals surface area contributed by atoms with E-state index in [0.29, 0.717) is 12.6 Å². The second-order valence-electron chi connectivity index (χ2n) is 5.46. The number of hydrogen-bond donors (Lipinski definition) is 1. The Morgan fingerprint density at radius 1 is 1.37 bits per heavy atom. The Morgan fingerprint density at radius 2 is 2.11 bits per heavy atom. The van der Waals surface area contributed by atoms with E-state index >= 15 is 0 Å². The summed E-state index contributed by atoms with van der Waals surface area (Å²) < 4.78 is 0. The van der Waals surface area contributed by atoms with Gasteiger partial charge in [0.25, 0.3) is 0 Å². The second-order valence-corrected chi connectivity index (χ2v) is 5.86. The summed E-state index contributed by atoms with van der Waals surface area (Å²) in [5.41, 5.74) is 1.09. The van der Waals surface area contributed by atoms with Crippen molar-refractivity contribution in [2.45, 2.75) is 31.2 Å². The van der Waals surface area contributed by atoms with Crippen molar-refractivity contribution in [3.8, 4) is 0 Å². The molecule has 102 valence electrons. The summed E-state index contributed by atoms with van der Waals surface area (Å²) in [6, 6.07) is 8.13. The van der Waals surface area contributed by atoms with Crippen LogP contribution in [0.2, 0.25) is 5.02 Å². The summed E-state index contributed by atoms with van der Waals surface area (Å²) in [4.78, 5) is 14.3. The molecule has 2 aliphatic rings. The van der Waals surface area contributed by atoms with Gasteiger partial charge in [-0.2, -0.15) is 0 Å². The molecular weight excluding hydrogens is 262 g/mol. The Bertz CT molecular complexity index is 487. The number of hydrogen-bond acceptors (Lipinski definition) is 2. The van der Waals surface area contributed by atoms with Gasteiger partial charge in [0.1, 0.15) is 0 Å². The highest BCUT2D eigenvalue weighted by Gasteiger charge is 2.48. The van der Waals surface area contributed by atoms with E-state index in [1.54, 1.807) is 0 Å². The predicted molar refractivity (Wildman–Crippen MR) is 74.1 cm³/mol. The van der Waals surface area contributed by atoms with Crippen molar-refractivity contribution in [3.05, 3.63) is 34.9 Å². The van der Waals surface area contributed by atoms with E-state index in [2.05, 4.69) is 0 Å². The summed E-state index contributed by atoms with van der Waals surface area (Å²) >= 11 is 6.18. The average Bonchev–Trinajstić information content (AvgIpc) is 3.27. The van der Waals surface area contributed by atoms with Crippen LogP contribution in [0.25, 0.3) is 0 Å². The van der Waals surface area contributed by atoms with Crippen molar-refractivity contribution in [3.63, 3.8) is 0 Å². The van der Waals surface area contributed by atoms with Crippen LogP contribution in [0.4, 0.5) is 0 Å². The minimum Gasteiger partial charge on any atom is -0.395 e. The molecule has 0 heterocycles. The van der Waals surface area contributed by atoms with Gasteiger partial charge in [-0.15, -0.1) is 0 Å². The van der Waals surface area contributed by atoms with Crippen LogP contribution in [0, 0.1) is 5.92 Å². The molecule has 0 spiro atoms. The minimum atomic E-state index is 0.0473. The monoisotopic (exact) mass is 279 g/mol. The number of amides is 1. The fourth-order valence-electron chi connectivity index (χ4n) is 2.77. The maximum Gasteiger partial charge on any atom is 0.226 e. The molecule has 1 amide bonds. The van der Waals surface area contributed by atoms with Crippen LogP contribution in [0.1, 0.15) is 30.7 Å². The third-order valence-electron chi connectivity index (χ3n) is 4.02. The predicted octanol–water partition coefficient (Wildman–Crippen LogP) is 2.43. The van der Waals surface area contributed by atoms with E-state index in [-0.39, 0.29) is 24.3 Å². The largest absolute Gasteiger partial charge is 0.395 e. The molecular formula is C15H18ClNO2. The van der Waals surface area contributed by atoms with E-state index in [4.69, 9.17) is 16.7 Å². The highest BCUT2D eigenvalue weighted by molar-refractivity contribution is 6.31. The fraction of sp³-hybridized carbons (Fsp3) is 0.533. The van der Waals surface area contributed by atoms with Crippen molar-refractivity contribution < 1.29 is 9.90 Å². The normalized spacial score (nSPS) is 25.2. The van der Waals surface area contributed by atoms with Gasteiger partial charge in [-0.05, 0) is 36.8 Å². The SMILES string of the molecule is O=C(C1CC1c1ccccc1Cl)N(CCO)C1CC1. The topological polar surface area (TPSA) is 40.5 Å². The van der Waals surface area contributed by atoms with Crippen LogP contribution in [0.15, 0.2) is 24.3 Å². The number of aliphatic hydroxyl groups excluding tert-OH is 1. The second kappa shape index (κ2) is 5.14. The molecule has 0 bridgehead atoms. The Kier molecular flexibility index (Phi) is 3.50. The van der Waals surface area contributed by atoms with E-state index in [0.717, 1.165) is 29.8 Å². The third-order valence-corrected chi connectivity index (χ3v) is 4.37. The van der Waals surface area contributed by atoms with Gasteiger partial charge in [0, 0.05) is 23.5 Å². The summed E-state index contributed by atoms with van der Waals surface area (Å²) in [6.45, 7) is 0.515. The minimum absolute atomic E-state index is 0.0473. The lowest BCUT2D eigenvalue weighted by Gasteiger charge is -2.21. The van der Waals surface area contributed by atoms with Gasteiger partial charge in [-0.1, -0.05) is 29.8 Å². The summed E-state index contributed by atoms with van der Waals surface area (Å²) in [7, 11) is 0. The molecule has 0 saturated heterocycles. The molecule has 0 aromatic heterocycles. The van der Waals surface area contributed by atoms with Crippen LogP contribution in [-0.2, 0) is 4.79 Å². The first-order valence-corrected chi connectivity index (χ1v) is 7.26. The van der Waals surface area contributed by atoms with Gasteiger partial charge < -0.3 is 10.0 Å². The van der Waals surface area contributed by atoms with Crippen LogP contribution < -0.4 is 0 Å². The smallest absolute Gasteiger partial charge is 0.226 e. The number of benzene rings is 1. The zero-order valence-corrected chi connectivity index (χ0v) is 11.5. The van der Waals surface area contributed by atoms with Gasteiger partial charge in [-0.25, -0.2) is 0 Å². The van der Waals surface area contributed by atoms with E-state index in [1.807, 2.05) is 29.2 Å². The summed E-state index contributed by atoms with van der Waals surface area (Å²) in [5.74, 6) is 0.523. The molecule has 1 N–H and O–H groups in total. The molecule has 1 aromatic carbocycles. The van der Waals surface area contributed by atoms with Crippen molar-refractivity contribution in [2.24, 2.45) is 5.92 Å². The van der Waals surface area contributed by atoms with Gasteiger partial charge in [0.2, 0.25) is 5.91 Å². The maximum absolute atomic E-state index is 12.4. The van der Waals surface area contributed by atoms with Crippen LogP contribution >= 0.6 is 11.6 Å². The highest BCUT2D eigenvalue weighted by Crippen LogP contribution is 2.51. The molecule has 2 saturated carbocycles. The molecule has 2 unspecified atom stereocenters. The Hall–Kier alpha value is -1.06. The molecule has 2 fully saturated rings. The highest BCUT2D eigenvalue weighted by atomic mass is 35.5. The molecule has 4 heteroatoms. The summed E-state index contributed by atoms with van der Waals surface area (Å²) in [5, 5.41) is 9.83. The van der Waals surface area contributed by atoms with Crippen molar-refractivity contribution >= 4 is 17.5 Å². The van der Waals surface area contributed by atoms with Crippen molar-refractivity contribution in [1.29, 1.82) is 0 Å². The number of nitrogens with zero attached hydrogens (tertiary/aromatic N) is 1. The molecule has 3 nitrogen and oxygen atoms in total. The zero-order valence-electron chi connectivity index (χ0n) is 10.8. The van der Waals surface area contributed by atoms with Crippen LogP contribution in [-0.4, -0.2) is 35.1 Å². The van der Waals surface area contributed by atoms with Gasteiger partial charge >= 0.3 is 0 Å². The van der Waals surface area contributed by atoms with Gasteiger partial charge in [-0.3, -0.25) is 4.79 Å². The lowest BCUT2D eigenvalue weighted by molar-refractivity contribution is -0.133. The van der Waals surface area contributed by atoms with E-state index < -0.39 is 0 Å². The third kappa shape index (κ3) is 2.63. The standard InChI is InChI=1S/C15H18ClNO2/c16-14-4-2-1-3-11(14)12-9-13(12)15(19)17(7-8-18)10-5-6-10/h1-4,10,12-13,18H,5-9H2. The summed E-state index contributed by atoms with van der Waals surface area (Å²) in [6.07, 6.45) is 3.04. The first-order chi connectivity index (χ1) is 9.22. The maximum atomic E-state index is 12.4. The first-order valence-electron chi connectivity index (χ1n) is 6.88. The number of carbonyl (C=O) groups excluding carboxylic acids is 1. The fourth-order valence-corrected chi connectivity index (χ4v) is 3.04. The number of halogens is 1. The van der Waals surface area contributed by atoms with Crippen LogP contribution in [0.3, 0.4) is 0 Å². The quantitative estimate of drug-likeness (QED) is 0.899. The van der Waals surface area contributed by atoms with E-state index in [9.17, 15) is 4.79 Å². The molecule has 19 heavy (non-hydrogen) atoms. The van der Waals surface area contributed by atoms with Gasteiger partial charge in [0.15, 0.2) is 0 Å². The lowest BCUT2D eigenvalue weighted by Crippen LogP contribution is -2.36. The first kappa shape index (κ1) is 12.9.